The lowest BCUT2D eigenvalue weighted by Gasteiger charge is -2.21. The zero-order chi connectivity index (χ0) is 20.4. The number of hydrogen-bond acceptors (Lipinski definition) is 3. The maximum Gasteiger partial charge on any atom is 0.291 e. The second kappa shape index (κ2) is 8.37. The van der Waals surface area contributed by atoms with Crippen molar-refractivity contribution in [3.63, 3.8) is 0 Å². The smallest absolute Gasteiger partial charge is 0.291 e. The number of amides is 1. The minimum atomic E-state index is -0.212. The van der Waals surface area contributed by atoms with E-state index in [-0.39, 0.29) is 17.8 Å². The average Bonchev–Trinajstić information content (AvgIpc) is 3.17. The standard InChI is InChI=1S/C23H25ClN4O/c1-15-7-6-10-20(16(15)2)28-22(17-11-13-18(24)14-12-17)26-21(27-28)23(29)25-19-8-4-3-5-9-19/h6-7,10-14,19H,3-5,8-9H2,1-2H3,(H,25,29). The van der Waals surface area contributed by atoms with Crippen molar-refractivity contribution < 1.29 is 4.79 Å². The molecular formula is C23H25ClN4O. The highest BCUT2D eigenvalue weighted by Crippen LogP contribution is 2.26. The number of aromatic nitrogens is 3. The lowest BCUT2D eigenvalue weighted by molar-refractivity contribution is 0.0917. The van der Waals surface area contributed by atoms with Gasteiger partial charge in [-0.25, -0.2) is 9.67 Å². The van der Waals surface area contributed by atoms with E-state index in [4.69, 9.17) is 11.6 Å². The molecule has 1 N–H and O–H groups in total. The number of aryl methyl sites for hydroxylation is 1. The summed E-state index contributed by atoms with van der Waals surface area (Å²) in [5.41, 5.74) is 4.04. The van der Waals surface area contributed by atoms with Gasteiger partial charge in [0.25, 0.3) is 5.91 Å². The van der Waals surface area contributed by atoms with Crippen molar-refractivity contribution in [2.75, 3.05) is 0 Å². The Labute approximate surface area is 176 Å². The molecule has 0 radical (unpaired) electrons. The second-order valence-electron chi connectivity index (χ2n) is 7.71. The van der Waals surface area contributed by atoms with Gasteiger partial charge in [0.2, 0.25) is 5.82 Å². The summed E-state index contributed by atoms with van der Waals surface area (Å²) in [7, 11) is 0. The van der Waals surface area contributed by atoms with Gasteiger partial charge in [-0.2, -0.15) is 0 Å². The van der Waals surface area contributed by atoms with Crippen LogP contribution >= 0.6 is 11.6 Å². The monoisotopic (exact) mass is 408 g/mol. The maximum absolute atomic E-state index is 12.9. The van der Waals surface area contributed by atoms with Crippen LogP contribution in [0, 0.1) is 13.8 Å². The van der Waals surface area contributed by atoms with Crippen molar-refractivity contribution in [1.82, 2.24) is 20.1 Å². The van der Waals surface area contributed by atoms with Gasteiger partial charge >= 0.3 is 0 Å². The van der Waals surface area contributed by atoms with Crippen LogP contribution in [0.1, 0.15) is 53.8 Å². The molecule has 0 atom stereocenters. The molecule has 1 fully saturated rings. The Morgan fingerprint density at radius 3 is 2.52 bits per heavy atom. The topological polar surface area (TPSA) is 59.8 Å². The average molecular weight is 409 g/mol. The summed E-state index contributed by atoms with van der Waals surface area (Å²) >= 11 is 6.06. The molecule has 4 rings (SSSR count). The molecule has 0 saturated heterocycles. The van der Waals surface area contributed by atoms with Crippen molar-refractivity contribution in [2.24, 2.45) is 0 Å². The van der Waals surface area contributed by atoms with E-state index in [2.05, 4.69) is 35.3 Å². The first-order chi connectivity index (χ1) is 14.0. The highest BCUT2D eigenvalue weighted by molar-refractivity contribution is 6.30. The van der Waals surface area contributed by atoms with Crippen molar-refractivity contribution in [3.05, 3.63) is 64.4 Å². The summed E-state index contributed by atoms with van der Waals surface area (Å²) in [6, 6.07) is 13.7. The van der Waals surface area contributed by atoms with Crippen molar-refractivity contribution in [1.29, 1.82) is 0 Å². The van der Waals surface area contributed by atoms with Crippen LogP contribution in [-0.4, -0.2) is 26.7 Å². The third kappa shape index (κ3) is 4.20. The van der Waals surface area contributed by atoms with Crippen LogP contribution in [0.5, 0.6) is 0 Å². The Morgan fingerprint density at radius 1 is 1.07 bits per heavy atom. The zero-order valence-electron chi connectivity index (χ0n) is 16.8. The highest BCUT2D eigenvalue weighted by atomic mass is 35.5. The molecule has 150 valence electrons. The van der Waals surface area contributed by atoms with Gasteiger partial charge in [0.1, 0.15) is 0 Å². The minimum Gasteiger partial charge on any atom is -0.347 e. The second-order valence-corrected chi connectivity index (χ2v) is 8.14. The minimum absolute atomic E-state index is 0.196. The van der Waals surface area contributed by atoms with Crippen LogP contribution in [0.2, 0.25) is 5.02 Å². The van der Waals surface area contributed by atoms with Gasteiger partial charge in [0.15, 0.2) is 5.82 Å². The number of rotatable bonds is 4. The Balaban J connectivity index is 1.75. The van der Waals surface area contributed by atoms with Crippen LogP contribution in [-0.2, 0) is 0 Å². The molecule has 0 bridgehead atoms. The third-order valence-corrected chi connectivity index (χ3v) is 5.91. The predicted molar refractivity (Wildman–Crippen MR) is 116 cm³/mol. The number of halogens is 1. The van der Waals surface area contributed by atoms with Crippen LogP contribution in [0.15, 0.2) is 42.5 Å². The molecule has 0 unspecified atom stereocenters. The van der Waals surface area contributed by atoms with Crippen LogP contribution in [0.3, 0.4) is 0 Å². The Bertz CT molecular complexity index is 1020. The van der Waals surface area contributed by atoms with Gasteiger partial charge in [0.05, 0.1) is 5.69 Å². The first-order valence-electron chi connectivity index (χ1n) is 10.1. The third-order valence-electron chi connectivity index (χ3n) is 5.66. The molecule has 1 saturated carbocycles. The molecule has 2 aromatic carbocycles. The number of nitrogens with one attached hydrogen (secondary N) is 1. The molecular weight excluding hydrogens is 384 g/mol. The Kier molecular flexibility index (Phi) is 5.67. The van der Waals surface area contributed by atoms with E-state index in [0.29, 0.717) is 10.8 Å². The maximum atomic E-state index is 12.9. The van der Waals surface area contributed by atoms with E-state index >= 15 is 0 Å². The number of benzene rings is 2. The fourth-order valence-corrected chi connectivity index (χ4v) is 3.95. The van der Waals surface area contributed by atoms with Crippen molar-refractivity contribution >= 4 is 17.5 Å². The lowest BCUT2D eigenvalue weighted by atomic mass is 9.95. The fraction of sp³-hybridized carbons (Fsp3) is 0.348. The Morgan fingerprint density at radius 2 is 1.79 bits per heavy atom. The first kappa shape index (κ1) is 19.6. The van der Waals surface area contributed by atoms with Gasteiger partial charge in [-0.3, -0.25) is 4.79 Å². The van der Waals surface area contributed by atoms with Crippen LogP contribution in [0.4, 0.5) is 0 Å². The molecule has 1 aliphatic carbocycles. The van der Waals surface area contributed by atoms with Gasteiger partial charge < -0.3 is 5.32 Å². The molecule has 29 heavy (non-hydrogen) atoms. The highest BCUT2D eigenvalue weighted by Gasteiger charge is 2.23. The number of carbonyl (C=O) groups excluding carboxylic acids is 1. The molecule has 1 heterocycles. The summed E-state index contributed by atoms with van der Waals surface area (Å²) in [5.74, 6) is 0.613. The predicted octanol–water partition coefficient (Wildman–Crippen LogP) is 5.27. The lowest BCUT2D eigenvalue weighted by Crippen LogP contribution is -2.36. The Hall–Kier alpha value is -2.66. The normalized spacial score (nSPS) is 14.7. The SMILES string of the molecule is Cc1cccc(-n2nc(C(=O)NC3CCCCC3)nc2-c2ccc(Cl)cc2)c1C. The summed E-state index contributed by atoms with van der Waals surface area (Å²) in [6.07, 6.45) is 5.60. The van der Waals surface area contributed by atoms with Gasteiger partial charge in [-0.15, -0.1) is 5.10 Å². The molecule has 0 aliphatic heterocycles. The number of hydrogen-bond donors (Lipinski definition) is 1. The van der Waals surface area contributed by atoms with Gasteiger partial charge in [0, 0.05) is 16.6 Å². The largest absolute Gasteiger partial charge is 0.347 e. The zero-order valence-corrected chi connectivity index (χ0v) is 17.5. The van der Waals surface area contributed by atoms with Crippen molar-refractivity contribution in [2.45, 2.75) is 52.0 Å². The summed E-state index contributed by atoms with van der Waals surface area (Å²) < 4.78 is 1.77. The van der Waals surface area contributed by atoms with E-state index < -0.39 is 0 Å². The molecule has 1 amide bonds. The molecule has 1 aromatic heterocycles. The summed E-state index contributed by atoms with van der Waals surface area (Å²) in [4.78, 5) is 17.5. The van der Waals surface area contributed by atoms with Crippen LogP contribution < -0.4 is 5.32 Å². The first-order valence-corrected chi connectivity index (χ1v) is 10.5. The summed E-state index contributed by atoms with van der Waals surface area (Å²) in [6.45, 7) is 4.12. The van der Waals surface area contributed by atoms with Crippen molar-refractivity contribution in [3.8, 4) is 17.1 Å². The molecule has 3 aromatic rings. The van der Waals surface area contributed by atoms with E-state index in [1.807, 2.05) is 36.4 Å². The van der Waals surface area contributed by atoms with E-state index in [1.54, 1.807) is 4.68 Å². The van der Waals surface area contributed by atoms with Gasteiger partial charge in [-0.05, 0) is 68.1 Å². The van der Waals surface area contributed by atoms with Crippen LogP contribution in [0.25, 0.3) is 17.1 Å². The molecule has 6 heteroatoms. The van der Waals surface area contributed by atoms with Gasteiger partial charge in [-0.1, -0.05) is 43.0 Å². The quantitative estimate of drug-likeness (QED) is 0.639. The van der Waals surface area contributed by atoms with E-state index in [1.165, 1.54) is 6.42 Å². The van der Waals surface area contributed by atoms with E-state index in [9.17, 15) is 4.79 Å². The number of carbonyl (C=O) groups is 1. The van der Waals surface area contributed by atoms with E-state index in [0.717, 1.165) is 48.1 Å². The number of nitrogens with zero attached hydrogens (tertiary/aromatic N) is 3. The molecule has 1 aliphatic rings. The molecule has 5 nitrogen and oxygen atoms in total. The fourth-order valence-electron chi connectivity index (χ4n) is 3.82. The molecule has 0 spiro atoms. The summed E-state index contributed by atoms with van der Waals surface area (Å²) in [5, 5.41) is 8.38.